The number of hydrogen-bond donors (Lipinski definition) is 2. The molecule has 2 rings (SSSR count). The zero-order chi connectivity index (χ0) is 12.1. The van der Waals surface area contributed by atoms with E-state index in [1.165, 1.54) is 30.1 Å². The van der Waals surface area contributed by atoms with Crippen LogP contribution < -0.4 is 10.6 Å². The van der Waals surface area contributed by atoms with Gasteiger partial charge in [0, 0.05) is 24.4 Å². The molecule has 1 fully saturated rings. The van der Waals surface area contributed by atoms with Crippen LogP contribution in [0.25, 0.3) is 0 Å². The van der Waals surface area contributed by atoms with E-state index in [-0.39, 0.29) is 0 Å². The summed E-state index contributed by atoms with van der Waals surface area (Å²) in [5.41, 5.74) is 1.23. The van der Waals surface area contributed by atoms with Crippen LogP contribution in [0.4, 0.5) is 0 Å². The van der Waals surface area contributed by atoms with E-state index in [1.54, 1.807) is 11.3 Å². The maximum absolute atomic E-state index is 4.48. The third-order valence-corrected chi connectivity index (χ3v) is 4.21. The Balaban J connectivity index is 1.59. The van der Waals surface area contributed by atoms with E-state index in [1.807, 2.05) is 0 Å². The van der Waals surface area contributed by atoms with Crippen molar-refractivity contribution in [2.24, 2.45) is 5.92 Å². The lowest BCUT2D eigenvalue weighted by molar-refractivity contribution is 0.305. The first-order chi connectivity index (χ1) is 8.24. The number of rotatable bonds is 5. The monoisotopic (exact) mass is 253 g/mol. The van der Waals surface area contributed by atoms with E-state index >= 15 is 0 Å². The molecule has 1 aliphatic heterocycles. The lowest BCUT2D eigenvalue weighted by Crippen LogP contribution is -2.39. The van der Waals surface area contributed by atoms with Crippen molar-refractivity contribution >= 4 is 11.3 Å². The first-order valence-corrected chi connectivity index (χ1v) is 7.47. The van der Waals surface area contributed by atoms with Crippen molar-refractivity contribution in [3.05, 3.63) is 16.1 Å². The van der Waals surface area contributed by atoms with Crippen LogP contribution >= 0.6 is 11.3 Å². The number of thiazole rings is 1. The molecular weight excluding hydrogens is 230 g/mol. The van der Waals surface area contributed by atoms with E-state index in [0.717, 1.165) is 25.4 Å². The molecule has 2 atom stereocenters. The fourth-order valence-corrected chi connectivity index (χ4v) is 3.11. The molecule has 0 saturated carbocycles. The summed E-state index contributed by atoms with van der Waals surface area (Å²) >= 11 is 1.74. The molecule has 2 N–H and O–H groups in total. The third-order valence-electron chi connectivity index (χ3n) is 3.39. The number of nitrogens with zero attached hydrogens (tertiary/aromatic N) is 1. The summed E-state index contributed by atoms with van der Waals surface area (Å²) < 4.78 is 0. The Kier molecular flexibility index (Phi) is 4.95. The van der Waals surface area contributed by atoms with E-state index in [4.69, 9.17) is 0 Å². The van der Waals surface area contributed by atoms with Crippen LogP contribution in [-0.4, -0.2) is 30.7 Å². The van der Waals surface area contributed by atoms with Crippen molar-refractivity contribution in [2.45, 2.75) is 39.2 Å². The molecule has 3 nitrogen and oxygen atoms in total. The first kappa shape index (κ1) is 13.0. The minimum Gasteiger partial charge on any atom is -0.316 e. The third kappa shape index (κ3) is 4.37. The van der Waals surface area contributed by atoms with Gasteiger partial charge in [-0.25, -0.2) is 4.98 Å². The normalized spacial score (nSPS) is 25.1. The van der Waals surface area contributed by atoms with E-state index in [2.05, 4.69) is 34.8 Å². The van der Waals surface area contributed by atoms with Crippen molar-refractivity contribution in [2.75, 3.05) is 19.6 Å². The minimum absolute atomic E-state index is 0.691. The summed E-state index contributed by atoms with van der Waals surface area (Å²) in [5.74, 6) is 0.850. The largest absolute Gasteiger partial charge is 0.316 e. The predicted octanol–water partition coefficient (Wildman–Crippen LogP) is 1.97. The number of piperidine rings is 1. The molecule has 0 aromatic carbocycles. The maximum atomic E-state index is 4.48. The van der Waals surface area contributed by atoms with Crippen molar-refractivity contribution < 1.29 is 0 Å². The lowest BCUT2D eigenvalue weighted by atomic mass is 9.93. The molecule has 1 saturated heterocycles. The fourth-order valence-electron chi connectivity index (χ4n) is 2.47. The zero-order valence-electron chi connectivity index (χ0n) is 10.8. The lowest BCUT2D eigenvalue weighted by Gasteiger charge is -2.28. The second-order valence-corrected chi connectivity index (χ2v) is 6.12. The van der Waals surface area contributed by atoms with Gasteiger partial charge in [-0.15, -0.1) is 11.3 Å². The van der Waals surface area contributed by atoms with Crippen LogP contribution in [-0.2, 0) is 6.42 Å². The molecule has 4 heteroatoms. The van der Waals surface area contributed by atoms with Gasteiger partial charge in [0.15, 0.2) is 0 Å². The van der Waals surface area contributed by atoms with Gasteiger partial charge in [-0.05, 0) is 45.7 Å². The van der Waals surface area contributed by atoms with E-state index < -0.39 is 0 Å². The smallest absolute Gasteiger partial charge is 0.0897 e. The average Bonchev–Trinajstić information content (AvgIpc) is 2.71. The number of aryl methyl sites for hydroxylation is 1. The Morgan fingerprint density at radius 1 is 1.59 bits per heavy atom. The number of nitrogens with one attached hydrogen (secondary N) is 2. The Hall–Kier alpha value is -0.450. The SMILES string of the molecule is Cc1nc(CCNCC2CCNC(C)C2)cs1. The number of aromatic nitrogens is 1. The van der Waals surface area contributed by atoms with Gasteiger partial charge in [0.25, 0.3) is 0 Å². The highest BCUT2D eigenvalue weighted by Crippen LogP contribution is 2.14. The summed E-state index contributed by atoms with van der Waals surface area (Å²) in [4.78, 5) is 4.48. The van der Waals surface area contributed by atoms with Crippen molar-refractivity contribution in [3.63, 3.8) is 0 Å². The van der Waals surface area contributed by atoms with Crippen molar-refractivity contribution in [3.8, 4) is 0 Å². The van der Waals surface area contributed by atoms with Crippen LogP contribution in [0.15, 0.2) is 5.38 Å². The first-order valence-electron chi connectivity index (χ1n) is 6.59. The highest BCUT2D eigenvalue weighted by Gasteiger charge is 2.17. The summed E-state index contributed by atoms with van der Waals surface area (Å²) in [6, 6.07) is 0.691. The van der Waals surface area contributed by atoms with Crippen LogP contribution in [0.3, 0.4) is 0 Å². The Labute approximate surface area is 108 Å². The molecule has 0 spiro atoms. The van der Waals surface area contributed by atoms with Crippen LogP contribution in [0.2, 0.25) is 0 Å². The van der Waals surface area contributed by atoms with Crippen LogP contribution in [0, 0.1) is 12.8 Å². The Morgan fingerprint density at radius 2 is 2.47 bits per heavy atom. The van der Waals surface area contributed by atoms with Crippen molar-refractivity contribution in [1.82, 2.24) is 15.6 Å². The minimum atomic E-state index is 0.691. The van der Waals surface area contributed by atoms with Gasteiger partial charge in [0.1, 0.15) is 0 Å². The highest BCUT2D eigenvalue weighted by molar-refractivity contribution is 7.09. The van der Waals surface area contributed by atoms with Gasteiger partial charge in [-0.2, -0.15) is 0 Å². The van der Waals surface area contributed by atoms with Crippen molar-refractivity contribution in [1.29, 1.82) is 0 Å². The molecule has 96 valence electrons. The van der Waals surface area contributed by atoms with Gasteiger partial charge in [0.05, 0.1) is 10.7 Å². The molecule has 1 aromatic heterocycles. The summed E-state index contributed by atoms with van der Waals surface area (Å²) in [6.07, 6.45) is 3.68. The molecular formula is C13H23N3S. The molecule has 0 amide bonds. The van der Waals surface area contributed by atoms with Gasteiger partial charge in [-0.1, -0.05) is 0 Å². The van der Waals surface area contributed by atoms with Gasteiger partial charge < -0.3 is 10.6 Å². The molecule has 1 aliphatic rings. The number of hydrogen-bond acceptors (Lipinski definition) is 4. The topological polar surface area (TPSA) is 37.0 Å². The summed E-state index contributed by atoms with van der Waals surface area (Å²) in [6.45, 7) is 7.75. The molecule has 0 radical (unpaired) electrons. The Bertz CT molecular complexity index is 337. The van der Waals surface area contributed by atoms with Crippen LogP contribution in [0.1, 0.15) is 30.5 Å². The summed E-state index contributed by atoms with van der Waals surface area (Å²) in [7, 11) is 0. The maximum Gasteiger partial charge on any atom is 0.0897 e. The second-order valence-electron chi connectivity index (χ2n) is 5.06. The summed E-state index contributed by atoms with van der Waals surface area (Å²) in [5, 5.41) is 10.4. The molecule has 2 heterocycles. The van der Waals surface area contributed by atoms with E-state index in [9.17, 15) is 0 Å². The quantitative estimate of drug-likeness (QED) is 0.788. The fraction of sp³-hybridized carbons (Fsp3) is 0.769. The molecule has 2 unspecified atom stereocenters. The second kappa shape index (κ2) is 6.47. The van der Waals surface area contributed by atoms with Gasteiger partial charge in [0.2, 0.25) is 0 Å². The van der Waals surface area contributed by atoms with E-state index in [0.29, 0.717) is 6.04 Å². The molecule has 0 aliphatic carbocycles. The molecule has 17 heavy (non-hydrogen) atoms. The van der Waals surface area contributed by atoms with Crippen LogP contribution in [0.5, 0.6) is 0 Å². The Morgan fingerprint density at radius 3 is 3.18 bits per heavy atom. The predicted molar refractivity (Wildman–Crippen MR) is 73.6 cm³/mol. The van der Waals surface area contributed by atoms with Gasteiger partial charge in [-0.3, -0.25) is 0 Å². The standard InChI is InChI=1S/C13H23N3S/c1-10-7-12(3-6-15-10)8-14-5-4-13-9-17-11(2)16-13/h9-10,12,14-15H,3-8H2,1-2H3. The highest BCUT2D eigenvalue weighted by atomic mass is 32.1. The zero-order valence-corrected chi connectivity index (χ0v) is 11.6. The molecule has 0 bridgehead atoms. The van der Waals surface area contributed by atoms with Gasteiger partial charge >= 0.3 is 0 Å². The average molecular weight is 253 g/mol. The molecule has 1 aromatic rings.